The topological polar surface area (TPSA) is 90.4 Å². The van der Waals surface area contributed by atoms with Gasteiger partial charge in [-0.1, -0.05) is 26.0 Å². The summed E-state index contributed by atoms with van der Waals surface area (Å²) in [6.45, 7) is 8.22. The number of fused-ring (bicyclic) bond motifs is 1. The number of nitrogens with one attached hydrogen (secondary N) is 2. The zero-order chi connectivity index (χ0) is 26.2. The smallest absolute Gasteiger partial charge is 0.416 e. The van der Waals surface area contributed by atoms with Gasteiger partial charge in [0, 0.05) is 18.8 Å². The maximum Gasteiger partial charge on any atom is 0.416 e. The lowest BCUT2D eigenvalue weighted by Gasteiger charge is -2.28. The van der Waals surface area contributed by atoms with Gasteiger partial charge in [0.15, 0.2) is 11.5 Å². The van der Waals surface area contributed by atoms with Crippen LogP contribution in [0, 0.1) is 0 Å². The van der Waals surface area contributed by atoms with E-state index in [2.05, 4.69) is 34.4 Å². The number of hydrogen-bond donors (Lipinski definition) is 3. The van der Waals surface area contributed by atoms with Crippen LogP contribution >= 0.6 is 0 Å². The van der Waals surface area contributed by atoms with Gasteiger partial charge >= 0.3 is 12.1 Å². The lowest BCUT2D eigenvalue weighted by Crippen LogP contribution is -2.29. The Morgan fingerprint density at radius 1 is 1.14 bits per heavy atom. The summed E-state index contributed by atoms with van der Waals surface area (Å²) in [7, 11) is 0. The summed E-state index contributed by atoms with van der Waals surface area (Å²) in [4.78, 5) is 22.6. The van der Waals surface area contributed by atoms with Crippen LogP contribution in [-0.4, -0.2) is 27.1 Å². The minimum atomic E-state index is -4.42. The first kappa shape index (κ1) is 25.3. The quantitative estimate of drug-likeness (QED) is 0.353. The fourth-order valence-electron chi connectivity index (χ4n) is 4.15. The Balaban J connectivity index is 1.82. The summed E-state index contributed by atoms with van der Waals surface area (Å²) < 4.78 is 39.3. The van der Waals surface area contributed by atoms with E-state index in [0.717, 1.165) is 17.7 Å². The Kier molecular flexibility index (Phi) is 6.79. The molecule has 1 atom stereocenters. The molecule has 1 aliphatic rings. The predicted octanol–water partition coefficient (Wildman–Crippen LogP) is 6.27. The Labute approximate surface area is 207 Å². The molecular weight excluding hydrogens is 471 g/mol. The third-order valence-electron chi connectivity index (χ3n) is 5.91. The molecule has 3 aromatic rings. The number of hydrogen-bond acceptors (Lipinski definition) is 6. The van der Waals surface area contributed by atoms with Gasteiger partial charge in [-0.2, -0.15) is 13.2 Å². The van der Waals surface area contributed by atoms with E-state index in [0.29, 0.717) is 28.5 Å². The van der Waals surface area contributed by atoms with Gasteiger partial charge in [-0.15, -0.1) is 0 Å². The number of nitrogens with zero attached hydrogens (tertiary/aromatic N) is 3. The van der Waals surface area contributed by atoms with Crippen molar-refractivity contribution in [2.24, 2.45) is 0 Å². The molecule has 2 aromatic heterocycles. The lowest BCUT2D eigenvalue weighted by molar-refractivity contribution is -0.137. The number of halogens is 3. The SMILES string of the molecule is CC(C)Nc1nc(C(=O)O)cc2c1N(Cc1ccc(C(F)(F)F)cc1)C(c1cc(C(C)C)ccn1)N2. The first-order chi connectivity index (χ1) is 16.9. The van der Waals surface area contributed by atoms with Crippen molar-refractivity contribution in [1.82, 2.24) is 9.97 Å². The maximum atomic E-state index is 13.1. The first-order valence-corrected chi connectivity index (χ1v) is 11.6. The number of anilines is 3. The molecule has 0 spiro atoms. The van der Waals surface area contributed by atoms with Gasteiger partial charge in [0.1, 0.15) is 11.9 Å². The van der Waals surface area contributed by atoms with Gasteiger partial charge in [-0.25, -0.2) is 9.78 Å². The zero-order valence-corrected chi connectivity index (χ0v) is 20.4. The van der Waals surface area contributed by atoms with E-state index in [1.54, 1.807) is 6.20 Å². The fourth-order valence-corrected chi connectivity index (χ4v) is 4.15. The van der Waals surface area contributed by atoms with Crippen LogP contribution in [0.5, 0.6) is 0 Å². The van der Waals surface area contributed by atoms with Crippen molar-refractivity contribution < 1.29 is 23.1 Å². The van der Waals surface area contributed by atoms with Crippen LogP contribution in [0.25, 0.3) is 0 Å². The van der Waals surface area contributed by atoms with Crippen LogP contribution in [0.4, 0.5) is 30.4 Å². The second-order valence-electron chi connectivity index (χ2n) is 9.39. The van der Waals surface area contributed by atoms with Crippen molar-refractivity contribution >= 4 is 23.2 Å². The second-order valence-corrected chi connectivity index (χ2v) is 9.39. The molecule has 0 saturated heterocycles. The number of aromatic nitrogens is 2. The van der Waals surface area contributed by atoms with E-state index in [4.69, 9.17) is 0 Å². The van der Waals surface area contributed by atoms with Crippen LogP contribution in [0.15, 0.2) is 48.7 Å². The van der Waals surface area contributed by atoms with Crippen molar-refractivity contribution in [3.8, 4) is 0 Å². The average Bonchev–Trinajstić information content (AvgIpc) is 3.17. The van der Waals surface area contributed by atoms with Crippen molar-refractivity contribution in [2.45, 2.75) is 58.5 Å². The number of carbonyl (C=O) groups is 1. The molecule has 36 heavy (non-hydrogen) atoms. The summed E-state index contributed by atoms with van der Waals surface area (Å²) in [6, 6.07) is 10.4. The molecule has 4 rings (SSSR count). The van der Waals surface area contributed by atoms with Crippen LogP contribution in [0.3, 0.4) is 0 Å². The third kappa shape index (κ3) is 5.22. The number of alkyl halides is 3. The molecule has 0 aliphatic carbocycles. The van der Waals surface area contributed by atoms with E-state index in [1.165, 1.54) is 18.2 Å². The van der Waals surface area contributed by atoms with Gasteiger partial charge < -0.3 is 20.6 Å². The summed E-state index contributed by atoms with van der Waals surface area (Å²) in [5.41, 5.74) is 2.79. The molecule has 190 valence electrons. The Morgan fingerprint density at radius 3 is 2.42 bits per heavy atom. The highest BCUT2D eigenvalue weighted by atomic mass is 19.4. The lowest BCUT2D eigenvalue weighted by atomic mass is 10.0. The van der Waals surface area contributed by atoms with Crippen molar-refractivity contribution in [3.63, 3.8) is 0 Å². The number of carboxylic acids is 1. The molecule has 1 aromatic carbocycles. The third-order valence-corrected chi connectivity index (χ3v) is 5.91. The average molecular weight is 500 g/mol. The fraction of sp³-hybridized carbons (Fsp3) is 0.346. The molecule has 10 heteroatoms. The van der Waals surface area contributed by atoms with E-state index in [1.807, 2.05) is 30.9 Å². The van der Waals surface area contributed by atoms with Crippen LogP contribution < -0.4 is 15.5 Å². The maximum absolute atomic E-state index is 13.1. The van der Waals surface area contributed by atoms with E-state index in [-0.39, 0.29) is 24.2 Å². The molecule has 1 unspecified atom stereocenters. The second kappa shape index (κ2) is 9.67. The highest BCUT2D eigenvalue weighted by molar-refractivity contribution is 5.94. The zero-order valence-electron chi connectivity index (χ0n) is 20.4. The number of pyridine rings is 2. The van der Waals surface area contributed by atoms with Gasteiger partial charge in [-0.3, -0.25) is 4.98 Å². The molecule has 7 nitrogen and oxygen atoms in total. The molecular formula is C26H28F3N5O2. The summed E-state index contributed by atoms with van der Waals surface area (Å²) in [5, 5.41) is 16.2. The Hall–Kier alpha value is -3.82. The minimum absolute atomic E-state index is 0.0417. The molecule has 3 heterocycles. The molecule has 0 amide bonds. The van der Waals surface area contributed by atoms with Crippen LogP contribution in [0.2, 0.25) is 0 Å². The standard InChI is InChI=1S/C26H28F3N5O2/c1-14(2)17-9-10-30-20(11-17)24-33-19-12-21(25(35)36)32-23(31-15(3)4)22(19)34(24)13-16-5-7-18(8-6-16)26(27,28)29/h5-12,14-15,24,33H,13H2,1-4H3,(H,31,32)(H,35,36). The number of carboxylic acid groups (broad SMARTS) is 1. The van der Waals surface area contributed by atoms with Crippen molar-refractivity contribution in [3.05, 3.63) is 76.7 Å². The summed E-state index contributed by atoms with van der Waals surface area (Å²) in [6.07, 6.45) is -3.19. The van der Waals surface area contributed by atoms with E-state index >= 15 is 0 Å². The normalized spacial score (nSPS) is 15.2. The summed E-state index contributed by atoms with van der Waals surface area (Å²) >= 11 is 0. The predicted molar refractivity (Wildman–Crippen MR) is 132 cm³/mol. The number of benzene rings is 1. The van der Waals surface area contributed by atoms with Crippen LogP contribution in [-0.2, 0) is 12.7 Å². The first-order valence-electron chi connectivity index (χ1n) is 11.6. The van der Waals surface area contributed by atoms with Gasteiger partial charge in [0.05, 0.1) is 16.9 Å². The molecule has 0 fully saturated rings. The molecule has 0 bridgehead atoms. The Bertz CT molecular complexity index is 1260. The number of aromatic carboxylic acids is 1. The van der Waals surface area contributed by atoms with Gasteiger partial charge in [0.2, 0.25) is 0 Å². The largest absolute Gasteiger partial charge is 0.477 e. The molecule has 0 saturated carbocycles. The van der Waals surface area contributed by atoms with E-state index < -0.39 is 23.9 Å². The van der Waals surface area contributed by atoms with Crippen LogP contribution in [0.1, 0.15) is 72.7 Å². The molecule has 3 N–H and O–H groups in total. The molecule has 0 radical (unpaired) electrons. The van der Waals surface area contributed by atoms with Crippen molar-refractivity contribution in [2.75, 3.05) is 15.5 Å². The minimum Gasteiger partial charge on any atom is -0.477 e. The number of rotatable bonds is 7. The highest BCUT2D eigenvalue weighted by Crippen LogP contribution is 2.46. The Morgan fingerprint density at radius 2 is 1.83 bits per heavy atom. The van der Waals surface area contributed by atoms with Crippen molar-refractivity contribution in [1.29, 1.82) is 0 Å². The monoisotopic (exact) mass is 499 g/mol. The summed E-state index contributed by atoms with van der Waals surface area (Å²) in [5.74, 6) is -0.525. The van der Waals surface area contributed by atoms with Gasteiger partial charge in [-0.05, 0) is 61.2 Å². The highest BCUT2D eigenvalue weighted by Gasteiger charge is 2.36. The molecule has 1 aliphatic heterocycles. The van der Waals surface area contributed by atoms with Gasteiger partial charge in [0.25, 0.3) is 0 Å². The van der Waals surface area contributed by atoms with E-state index in [9.17, 15) is 23.1 Å².